The van der Waals surface area contributed by atoms with E-state index in [4.69, 9.17) is 0 Å². The van der Waals surface area contributed by atoms with Crippen LogP contribution in [-0.2, 0) is 0 Å². The van der Waals surface area contributed by atoms with Crippen molar-refractivity contribution in [2.45, 2.75) is 12.8 Å². The molecular formula is C13H18N2O. The SMILES string of the molecule is CNc1ccc(C(=O)N(C)CC2CC2)cc1. The molecule has 0 unspecified atom stereocenters. The van der Waals surface area contributed by atoms with Gasteiger partial charge in [-0.05, 0) is 43.0 Å². The van der Waals surface area contributed by atoms with Crippen molar-refractivity contribution in [2.75, 3.05) is 26.0 Å². The lowest BCUT2D eigenvalue weighted by atomic mass is 10.2. The van der Waals surface area contributed by atoms with Crippen LogP contribution in [0.2, 0.25) is 0 Å². The van der Waals surface area contributed by atoms with E-state index in [0.29, 0.717) is 0 Å². The van der Waals surface area contributed by atoms with E-state index in [0.717, 1.165) is 23.7 Å². The van der Waals surface area contributed by atoms with Crippen LogP contribution in [0.25, 0.3) is 0 Å². The van der Waals surface area contributed by atoms with E-state index < -0.39 is 0 Å². The number of nitrogens with one attached hydrogen (secondary N) is 1. The smallest absolute Gasteiger partial charge is 0.253 e. The molecule has 0 aliphatic heterocycles. The first kappa shape index (κ1) is 11.0. The second kappa shape index (κ2) is 4.56. The normalized spacial score (nSPS) is 14.6. The van der Waals surface area contributed by atoms with Gasteiger partial charge in [-0.25, -0.2) is 0 Å². The van der Waals surface area contributed by atoms with Crippen molar-refractivity contribution in [3.63, 3.8) is 0 Å². The molecule has 1 aliphatic rings. The summed E-state index contributed by atoms with van der Waals surface area (Å²) < 4.78 is 0. The van der Waals surface area contributed by atoms with Gasteiger partial charge >= 0.3 is 0 Å². The molecular weight excluding hydrogens is 200 g/mol. The van der Waals surface area contributed by atoms with Crippen LogP contribution >= 0.6 is 0 Å². The molecule has 0 heterocycles. The summed E-state index contributed by atoms with van der Waals surface area (Å²) in [5, 5.41) is 3.04. The Morgan fingerprint density at radius 2 is 2.00 bits per heavy atom. The van der Waals surface area contributed by atoms with E-state index in [1.54, 1.807) is 0 Å². The van der Waals surface area contributed by atoms with Crippen LogP contribution in [0.4, 0.5) is 5.69 Å². The van der Waals surface area contributed by atoms with Crippen molar-refractivity contribution in [3.05, 3.63) is 29.8 Å². The zero-order chi connectivity index (χ0) is 11.5. The molecule has 0 spiro atoms. The van der Waals surface area contributed by atoms with Gasteiger partial charge in [0.05, 0.1) is 0 Å². The Bertz CT molecular complexity index is 368. The van der Waals surface area contributed by atoms with E-state index >= 15 is 0 Å². The summed E-state index contributed by atoms with van der Waals surface area (Å²) in [6.45, 7) is 0.895. The van der Waals surface area contributed by atoms with Crippen LogP contribution in [-0.4, -0.2) is 31.4 Å². The highest BCUT2D eigenvalue weighted by Crippen LogP contribution is 2.29. The third-order valence-corrected chi connectivity index (χ3v) is 3.00. The van der Waals surface area contributed by atoms with Crippen molar-refractivity contribution >= 4 is 11.6 Å². The highest BCUT2D eigenvalue weighted by atomic mass is 16.2. The van der Waals surface area contributed by atoms with Crippen LogP contribution in [0, 0.1) is 5.92 Å². The minimum absolute atomic E-state index is 0.120. The maximum Gasteiger partial charge on any atom is 0.253 e. The number of hydrogen-bond donors (Lipinski definition) is 1. The predicted octanol–water partition coefficient (Wildman–Crippen LogP) is 2.21. The quantitative estimate of drug-likeness (QED) is 0.840. The zero-order valence-corrected chi connectivity index (χ0v) is 9.86. The van der Waals surface area contributed by atoms with Crippen molar-refractivity contribution in [1.29, 1.82) is 0 Å². The molecule has 86 valence electrons. The number of carbonyl (C=O) groups excluding carboxylic acids is 1. The number of hydrogen-bond acceptors (Lipinski definition) is 2. The topological polar surface area (TPSA) is 32.3 Å². The van der Waals surface area contributed by atoms with E-state index in [1.165, 1.54) is 12.8 Å². The van der Waals surface area contributed by atoms with Gasteiger partial charge in [0.15, 0.2) is 0 Å². The Labute approximate surface area is 96.5 Å². The molecule has 2 rings (SSSR count). The average molecular weight is 218 g/mol. The number of benzene rings is 1. The average Bonchev–Trinajstić information content (AvgIpc) is 3.12. The van der Waals surface area contributed by atoms with E-state index in [1.807, 2.05) is 43.3 Å². The molecule has 0 atom stereocenters. The molecule has 1 N–H and O–H groups in total. The Hall–Kier alpha value is -1.51. The second-order valence-electron chi connectivity index (χ2n) is 4.46. The minimum atomic E-state index is 0.120. The Morgan fingerprint density at radius 3 is 2.50 bits per heavy atom. The summed E-state index contributed by atoms with van der Waals surface area (Å²) in [6, 6.07) is 7.60. The highest BCUT2D eigenvalue weighted by molar-refractivity contribution is 5.94. The van der Waals surface area contributed by atoms with Gasteiger partial charge in [0.1, 0.15) is 0 Å². The summed E-state index contributed by atoms with van der Waals surface area (Å²) in [4.78, 5) is 13.8. The standard InChI is InChI=1S/C13H18N2O/c1-14-12-7-5-11(6-8-12)13(16)15(2)9-10-3-4-10/h5-8,10,14H,3-4,9H2,1-2H3. The van der Waals surface area contributed by atoms with Crippen LogP contribution in [0.3, 0.4) is 0 Å². The molecule has 3 heteroatoms. The molecule has 0 aromatic heterocycles. The van der Waals surface area contributed by atoms with E-state index in [-0.39, 0.29) is 5.91 Å². The van der Waals surface area contributed by atoms with Crippen molar-refractivity contribution in [1.82, 2.24) is 4.90 Å². The third kappa shape index (κ3) is 2.54. The maximum atomic E-state index is 12.0. The maximum absolute atomic E-state index is 12.0. The molecule has 1 aliphatic carbocycles. The van der Waals surface area contributed by atoms with E-state index in [9.17, 15) is 4.79 Å². The lowest BCUT2D eigenvalue weighted by molar-refractivity contribution is 0.0788. The lowest BCUT2D eigenvalue weighted by Gasteiger charge is -2.16. The van der Waals surface area contributed by atoms with E-state index in [2.05, 4.69) is 5.32 Å². The van der Waals surface area contributed by atoms with Crippen LogP contribution in [0.5, 0.6) is 0 Å². The van der Waals surface area contributed by atoms with Crippen molar-refractivity contribution < 1.29 is 4.79 Å². The van der Waals surface area contributed by atoms with Gasteiger partial charge in [-0.2, -0.15) is 0 Å². The van der Waals surface area contributed by atoms with Gasteiger partial charge in [0.25, 0.3) is 5.91 Å². The first-order valence-corrected chi connectivity index (χ1v) is 5.74. The summed E-state index contributed by atoms with van der Waals surface area (Å²) in [5.41, 5.74) is 1.79. The molecule has 1 aromatic carbocycles. The number of anilines is 1. The zero-order valence-electron chi connectivity index (χ0n) is 9.86. The number of nitrogens with zero attached hydrogens (tertiary/aromatic N) is 1. The number of carbonyl (C=O) groups is 1. The highest BCUT2D eigenvalue weighted by Gasteiger charge is 2.25. The number of amides is 1. The van der Waals surface area contributed by atoms with Crippen LogP contribution in [0.1, 0.15) is 23.2 Å². The minimum Gasteiger partial charge on any atom is -0.388 e. The molecule has 3 nitrogen and oxygen atoms in total. The molecule has 0 radical (unpaired) electrons. The van der Waals surface area contributed by atoms with Gasteiger partial charge in [0.2, 0.25) is 0 Å². The van der Waals surface area contributed by atoms with Gasteiger partial charge in [-0.15, -0.1) is 0 Å². The summed E-state index contributed by atoms with van der Waals surface area (Å²) >= 11 is 0. The van der Waals surface area contributed by atoms with Crippen LogP contribution in [0.15, 0.2) is 24.3 Å². The Kier molecular flexibility index (Phi) is 3.13. The number of rotatable bonds is 4. The largest absolute Gasteiger partial charge is 0.388 e. The van der Waals surface area contributed by atoms with Gasteiger partial charge < -0.3 is 10.2 Å². The van der Waals surface area contributed by atoms with Crippen LogP contribution < -0.4 is 5.32 Å². The van der Waals surface area contributed by atoms with Gasteiger partial charge in [-0.3, -0.25) is 4.79 Å². The Morgan fingerprint density at radius 1 is 1.38 bits per heavy atom. The second-order valence-corrected chi connectivity index (χ2v) is 4.46. The molecule has 1 amide bonds. The Balaban J connectivity index is 2.00. The summed E-state index contributed by atoms with van der Waals surface area (Å²) in [6.07, 6.45) is 2.55. The van der Waals surface area contributed by atoms with Crippen molar-refractivity contribution in [3.8, 4) is 0 Å². The molecule has 1 saturated carbocycles. The fourth-order valence-electron chi connectivity index (χ4n) is 1.77. The molecule has 1 aromatic rings. The fourth-order valence-corrected chi connectivity index (χ4v) is 1.77. The van der Waals surface area contributed by atoms with Gasteiger partial charge in [0, 0.05) is 31.9 Å². The first-order valence-electron chi connectivity index (χ1n) is 5.74. The summed E-state index contributed by atoms with van der Waals surface area (Å²) in [5.74, 6) is 0.861. The van der Waals surface area contributed by atoms with Gasteiger partial charge in [-0.1, -0.05) is 0 Å². The third-order valence-electron chi connectivity index (χ3n) is 3.00. The lowest BCUT2D eigenvalue weighted by Crippen LogP contribution is -2.28. The van der Waals surface area contributed by atoms with Crippen molar-refractivity contribution in [2.24, 2.45) is 5.92 Å². The predicted molar refractivity (Wildman–Crippen MR) is 65.7 cm³/mol. The molecule has 0 bridgehead atoms. The molecule has 1 fully saturated rings. The summed E-state index contributed by atoms with van der Waals surface area (Å²) in [7, 11) is 3.75. The fraction of sp³-hybridized carbons (Fsp3) is 0.462. The monoisotopic (exact) mass is 218 g/mol. The first-order chi connectivity index (χ1) is 7.70. The molecule has 16 heavy (non-hydrogen) atoms. The molecule has 0 saturated heterocycles.